The van der Waals surface area contributed by atoms with Gasteiger partial charge in [-0.05, 0) is 42.5 Å². The van der Waals surface area contributed by atoms with Crippen LogP contribution < -0.4 is 0 Å². The Morgan fingerprint density at radius 3 is 2.78 bits per heavy atom. The zero-order valence-electron chi connectivity index (χ0n) is 10.4. The van der Waals surface area contributed by atoms with Crippen LogP contribution in [0.3, 0.4) is 0 Å². The van der Waals surface area contributed by atoms with E-state index in [-0.39, 0.29) is 12.5 Å². The van der Waals surface area contributed by atoms with E-state index in [0.29, 0.717) is 0 Å². The quantitative estimate of drug-likeness (QED) is 0.922. The van der Waals surface area contributed by atoms with E-state index in [9.17, 15) is 5.11 Å². The number of hydrogen-bond donors (Lipinski definition) is 1. The lowest BCUT2D eigenvalue weighted by molar-refractivity contribution is 0.224. The molecule has 0 bridgehead atoms. The Bertz CT molecular complexity index is 510. The van der Waals surface area contributed by atoms with Gasteiger partial charge in [0.2, 0.25) is 0 Å². The van der Waals surface area contributed by atoms with Crippen LogP contribution in [0.5, 0.6) is 0 Å². The average molecular weight is 309 g/mol. The van der Waals surface area contributed by atoms with Gasteiger partial charge in [0, 0.05) is 24.3 Å². The molecule has 4 heteroatoms. The van der Waals surface area contributed by atoms with Crippen molar-refractivity contribution < 1.29 is 5.11 Å². The Morgan fingerprint density at radius 2 is 2.17 bits per heavy atom. The maximum absolute atomic E-state index is 9.48. The van der Waals surface area contributed by atoms with Crippen molar-refractivity contribution in [3.05, 3.63) is 52.3 Å². The Kier molecular flexibility index (Phi) is 4.55. The van der Waals surface area contributed by atoms with E-state index >= 15 is 0 Å². The standard InChI is InChI=1S/C14H17BrN2O/c1-17-6-5-14(16-17)9-12(10-18)7-11-3-2-4-13(15)8-11/h2-6,8,12,18H,7,9-10H2,1H3. The molecule has 2 rings (SSSR count). The number of nitrogens with zero attached hydrogens (tertiary/aromatic N) is 2. The van der Waals surface area contributed by atoms with Crippen LogP contribution in [0.2, 0.25) is 0 Å². The Morgan fingerprint density at radius 1 is 1.33 bits per heavy atom. The minimum atomic E-state index is 0.184. The van der Waals surface area contributed by atoms with Crippen molar-refractivity contribution in [3.63, 3.8) is 0 Å². The zero-order chi connectivity index (χ0) is 13.0. The fourth-order valence-corrected chi connectivity index (χ4v) is 2.51. The Hall–Kier alpha value is -1.13. The van der Waals surface area contributed by atoms with Crippen LogP contribution >= 0.6 is 15.9 Å². The molecule has 0 amide bonds. The van der Waals surface area contributed by atoms with E-state index in [1.807, 2.05) is 31.4 Å². The first-order valence-electron chi connectivity index (χ1n) is 6.01. The largest absolute Gasteiger partial charge is 0.396 e. The summed E-state index contributed by atoms with van der Waals surface area (Å²) in [7, 11) is 1.91. The van der Waals surface area contributed by atoms with Crippen molar-refractivity contribution >= 4 is 15.9 Å². The summed E-state index contributed by atoms with van der Waals surface area (Å²) in [6.45, 7) is 0.184. The first-order valence-corrected chi connectivity index (χ1v) is 6.80. The maximum Gasteiger partial charge on any atom is 0.0628 e. The molecule has 0 aliphatic carbocycles. The van der Waals surface area contributed by atoms with Crippen LogP contribution in [0.4, 0.5) is 0 Å². The second-order valence-corrected chi connectivity index (χ2v) is 5.48. The predicted octanol–water partition coefficient (Wildman–Crippen LogP) is 2.58. The Balaban J connectivity index is 2.01. The number of halogens is 1. The molecule has 0 radical (unpaired) electrons. The molecule has 1 atom stereocenters. The molecular weight excluding hydrogens is 292 g/mol. The third kappa shape index (κ3) is 3.68. The Labute approximate surface area is 116 Å². The highest BCUT2D eigenvalue weighted by atomic mass is 79.9. The molecule has 3 nitrogen and oxygen atoms in total. The van der Waals surface area contributed by atoms with Gasteiger partial charge in [-0.25, -0.2) is 0 Å². The second kappa shape index (κ2) is 6.16. The van der Waals surface area contributed by atoms with Gasteiger partial charge in [-0.2, -0.15) is 5.10 Å². The molecule has 0 spiro atoms. The molecule has 0 saturated carbocycles. The molecule has 0 aliphatic heterocycles. The smallest absolute Gasteiger partial charge is 0.0628 e. The molecule has 0 aliphatic rings. The molecule has 1 N–H and O–H groups in total. The summed E-state index contributed by atoms with van der Waals surface area (Å²) in [6.07, 6.45) is 3.61. The van der Waals surface area contributed by atoms with Gasteiger partial charge >= 0.3 is 0 Å². The highest BCUT2D eigenvalue weighted by Crippen LogP contribution is 2.17. The van der Waals surface area contributed by atoms with Crippen LogP contribution in [0.15, 0.2) is 41.0 Å². The minimum absolute atomic E-state index is 0.184. The highest BCUT2D eigenvalue weighted by Gasteiger charge is 2.11. The monoisotopic (exact) mass is 308 g/mol. The number of aliphatic hydroxyl groups excluding tert-OH is 1. The van der Waals surface area contributed by atoms with Gasteiger partial charge in [0.1, 0.15) is 0 Å². The van der Waals surface area contributed by atoms with E-state index in [0.717, 1.165) is 23.0 Å². The second-order valence-electron chi connectivity index (χ2n) is 4.57. The normalized spacial score (nSPS) is 12.6. The summed E-state index contributed by atoms with van der Waals surface area (Å²) in [5.74, 6) is 0.217. The van der Waals surface area contributed by atoms with E-state index in [2.05, 4.69) is 33.2 Å². The van der Waals surface area contributed by atoms with Crippen LogP contribution in [0.25, 0.3) is 0 Å². The predicted molar refractivity (Wildman–Crippen MR) is 75.3 cm³/mol. The van der Waals surface area contributed by atoms with E-state index in [1.54, 1.807) is 4.68 Å². The number of aliphatic hydroxyl groups is 1. The summed E-state index contributed by atoms with van der Waals surface area (Å²) in [6, 6.07) is 10.2. The SMILES string of the molecule is Cn1ccc(CC(CO)Cc2cccc(Br)c2)n1. The fourth-order valence-electron chi connectivity index (χ4n) is 2.07. The fraction of sp³-hybridized carbons (Fsp3) is 0.357. The topological polar surface area (TPSA) is 38.0 Å². The van der Waals surface area contributed by atoms with E-state index in [4.69, 9.17) is 0 Å². The van der Waals surface area contributed by atoms with Gasteiger partial charge in [0.05, 0.1) is 5.69 Å². The van der Waals surface area contributed by atoms with Crippen molar-refractivity contribution in [2.45, 2.75) is 12.8 Å². The summed E-state index contributed by atoms with van der Waals surface area (Å²) in [5, 5.41) is 13.8. The molecule has 0 saturated heterocycles. The summed E-state index contributed by atoms with van der Waals surface area (Å²) < 4.78 is 2.87. The third-order valence-corrected chi connectivity index (χ3v) is 3.43. The molecule has 2 aromatic rings. The highest BCUT2D eigenvalue weighted by molar-refractivity contribution is 9.10. The molecule has 1 aromatic carbocycles. The van der Waals surface area contributed by atoms with E-state index < -0.39 is 0 Å². The lowest BCUT2D eigenvalue weighted by Gasteiger charge is -2.13. The lowest BCUT2D eigenvalue weighted by Crippen LogP contribution is -2.13. The number of aromatic nitrogens is 2. The number of benzene rings is 1. The van der Waals surface area contributed by atoms with Gasteiger partial charge in [0.15, 0.2) is 0 Å². The summed E-state index contributed by atoms with van der Waals surface area (Å²) in [4.78, 5) is 0. The lowest BCUT2D eigenvalue weighted by atomic mass is 9.96. The van der Waals surface area contributed by atoms with Gasteiger partial charge in [-0.1, -0.05) is 28.1 Å². The van der Waals surface area contributed by atoms with Crippen molar-refractivity contribution in [3.8, 4) is 0 Å². The molecular formula is C14H17BrN2O. The zero-order valence-corrected chi connectivity index (χ0v) is 12.0. The number of rotatable bonds is 5. The third-order valence-electron chi connectivity index (χ3n) is 2.94. The average Bonchev–Trinajstić information content (AvgIpc) is 2.74. The minimum Gasteiger partial charge on any atom is -0.396 e. The molecule has 18 heavy (non-hydrogen) atoms. The van der Waals surface area contributed by atoms with Gasteiger partial charge in [0.25, 0.3) is 0 Å². The van der Waals surface area contributed by atoms with Gasteiger partial charge in [-0.3, -0.25) is 4.68 Å². The van der Waals surface area contributed by atoms with Crippen LogP contribution in [0, 0.1) is 5.92 Å². The van der Waals surface area contributed by atoms with Gasteiger partial charge in [-0.15, -0.1) is 0 Å². The van der Waals surface area contributed by atoms with Crippen LogP contribution in [0.1, 0.15) is 11.3 Å². The van der Waals surface area contributed by atoms with Gasteiger partial charge < -0.3 is 5.11 Å². The molecule has 1 unspecified atom stereocenters. The van der Waals surface area contributed by atoms with Crippen molar-refractivity contribution in [2.75, 3.05) is 6.61 Å². The van der Waals surface area contributed by atoms with Crippen LogP contribution in [-0.4, -0.2) is 21.5 Å². The van der Waals surface area contributed by atoms with Crippen LogP contribution in [-0.2, 0) is 19.9 Å². The molecule has 96 valence electrons. The van der Waals surface area contributed by atoms with E-state index in [1.165, 1.54) is 5.56 Å². The summed E-state index contributed by atoms with van der Waals surface area (Å²) in [5.41, 5.74) is 2.27. The first-order chi connectivity index (χ1) is 8.67. The van der Waals surface area contributed by atoms with Crippen molar-refractivity contribution in [1.82, 2.24) is 9.78 Å². The maximum atomic E-state index is 9.48. The van der Waals surface area contributed by atoms with Crippen molar-refractivity contribution in [1.29, 1.82) is 0 Å². The first kappa shape index (κ1) is 13.3. The molecule has 1 heterocycles. The van der Waals surface area contributed by atoms with Crippen molar-refractivity contribution in [2.24, 2.45) is 13.0 Å². The molecule has 1 aromatic heterocycles. The number of hydrogen-bond acceptors (Lipinski definition) is 2. The summed E-state index contributed by atoms with van der Waals surface area (Å²) >= 11 is 3.47. The molecule has 0 fully saturated rings. The number of aryl methyl sites for hydroxylation is 1.